The van der Waals surface area contributed by atoms with Gasteiger partial charge in [-0.15, -0.1) is 0 Å². The standard InChI is InChI=1S/C10H9BrO/c11-8-10-5-2-1-4-9(10)6-3-7-12/h1-7H,8H2. The first-order valence-corrected chi connectivity index (χ1v) is 4.76. The molecule has 0 spiro atoms. The molecule has 0 N–H and O–H groups in total. The fourth-order valence-electron chi connectivity index (χ4n) is 0.961. The van der Waals surface area contributed by atoms with E-state index in [4.69, 9.17) is 0 Å². The number of hydrogen-bond donors (Lipinski definition) is 0. The summed E-state index contributed by atoms with van der Waals surface area (Å²) >= 11 is 3.38. The van der Waals surface area contributed by atoms with Gasteiger partial charge in [-0.2, -0.15) is 0 Å². The molecule has 0 aliphatic rings. The first-order chi connectivity index (χ1) is 5.88. The van der Waals surface area contributed by atoms with E-state index in [-0.39, 0.29) is 0 Å². The largest absolute Gasteiger partial charge is 0.299 e. The quantitative estimate of drug-likeness (QED) is 0.439. The van der Waals surface area contributed by atoms with Crippen molar-refractivity contribution in [1.29, 1.82) is 0 Å². The Labute approximate surface area is 80.2 Å². The van der Waals surface area contributed by atoms with Crippen molar-refractivity contribution in [2.24, 2.45) is 0 Å². The maximum absolute atomic E-state index is 10.1. The average molecular weight is 225 g/mol. The Morgan fingerprint density at radius 1 is 1.33 bits per heavy atom. The maximum atomic E-state index is 10.1. The molecule has 1 aromatic rings. The summed E-state index contributed by atoms with van der Waals surface area (Å²) in [6, 6.07) is 7.95. The predicted molar refractivity (Wildman–Crippen MR) is 54.2 cm³/mol. The highest BCUT2D eigenvalue weighted by Crippen LogP contribution is 2.13. The number of rotatable bonds is 3. The third-order valence-electron chi connectivity index (χ3n) is 1.55. The molecular formula is C10H9BrO. The molecular weight excluding hydrogens is 216 g/mol. The summed E-state index contributed by atoms with van der Waals surface area (Å²) in [5.74, 6) is 0. The molecule has 2 heteroatoms. The molecule has 62 valence electrons. The molecule has 0 saturated carbocycles. The SMILES string of the molecule is O=CC=Cc1ccccc1CBr. The van der Waals surface area contributed by atoms with Crippen LogP contribution >= 0.6 is 15.9 Å². The van der Waals surface area contributed by atoms with E-state index >= 15 is 0 Å². The third kappa shape index (κ3) is 2.31. The zero-order valence-corrected chi connectivity index (χ0v) is 8.12. The van der Waals surface area contributed by atoms with Gasteiger partial charge in [-0.1, -0.05) is 46.3 Å². The number of carbonyl (C=O) groups is 1. The average Bonchev–Trinajstić information content (AvgIpc) is 2.15. The molecule has 0 bridgehead atoms. The van der Waals surface area contributed by atoms with Gasteiger partial charge in [0.2, 0.25) is 0 Å². The molecule has 0 aliphatic carbocycles. The third-order valence-corrected chi connectivity index (χ3v) is 2.16. The molecule has 0 saturated heterocycles. The first-order valence-electron chi connectivity index (χ1n) is 3.64. The van der Waals surface area contributed by atoms with E-state index in [1.807, 2.05) is 30.3 Å². The lowest BCUT2D eigenvalue weighted by Gasteiger charge is -1.99. The van der Waals surface area contributed by atoms with Crippen LogP contribution in [-0.2, 0) is 10.1 Å². The van der Waals surface area contributed by atoms with Gasteiger partial charge in [-0.3, -0.25) is 4.79 Å². The van der Waals surface area contributed by atoms with Gasteiger partial charge in [0, 0.05) is 5.33 Å². The van der Waals surface area contributed by atoms with E-state index in [1.165, 1.54) is 11.6 Å². The van der Waals surface area contributed by atoms with Crippen LogP contribution in [0.5, 0.6) is 0 Å². The van der Waals surface area contributed by atoms with Gasteiger partial charge in [-0.05, 0) is 17.2 Å². The fraction of sp³-hybridized carbons (Fsp3) is 0.100. The van der Waals surface area contributed by atoms with Crippen molar-refractivity contribution in [1.82, 2.24) is 0 Å². The molecule has 1 aromatic carbocycles. The summed E-state index contributed by atoms with van der Waals surface area (Å²) in [7, 11) is 0. The second-order valence-corrected chi connectivity index (χ2v) is 2.89. The number of benzene rings is 1. The lowest BCUT2D eigenvalue weighted by Crippen LogP contribution is -1.82. The van der Waals surface area contributed by atoms with Crippen LogP contribution in [0.15, 0.2) is 30.3 Å². The van der Waals surface area contributed by atoms with E-state index in [0.717, 1.165) is 17.2 Å². The van der Waals surface area contributed by atoms with Gasteiger partial charge in [0.1, 0.15) is 6.29 Å². The summed E-state index contributed by atoms with van der Waals surface area (Å²) in [6.07, 6.45) is 4.09. The molecule has 0 aromatic heterocycles. The van der Waals surface area contributed by atoms with Crippen molar-refractivity contribution in [3.05, 3.63) is 41.5 Å². The second-order valence-electron chi connectivity index (χ2n) is 2.33. The van der Waals surface area contributed by atoms with Gasteiger partial charge in [0.25, 0.3) is 0 Å². The molecule has 0 amide bonds. The van der Waals surface area contributed by atoms with Crippen LogP contribution in [0.25, 0.3) is 6.08 Å². The van der Waals surface area contributed by atoms with Gasteiger partial charge in [-0.25, -0.2) is 0 Å². The molecule has 1 rings (SSSR count). The van der Waals surface area contributed by atoms with Gasteiger partial charge >= 0.3 is 0 Å². The van der Waals surface area contributed by atoms with Crippen LogP contribution in [0.1, 0.15) is 11.1 Å². The highest BCUT2D eigenvalue weighted by Gasteiger charge is 1.94. The molecule has 0 aliphatic heterocycles. The van der Waals surface area contributed by atoms with Crippen molar-refractivity contribution < 1.29 is 4.79 Å². The number of allylic oxidation sites excluding steroid dienone is 1. The predicted octanol–water partition coefficient (Wildman–Crippen LogP) is 2.79. The van der Waals surface area contributed by atoms with Crippen molar-refractivity contribution in [3.63, 3.8) is 0 Å². The zero-order chi connectivity index (χ0) is 8.81. The van der Waals surface area contributed by atoms with Crippen molar-refractivity contribution in [3.8, 4) is 0 Å². The minimum absolute atomic E-state index is 0.783. The number of carbonyl (C=O) groups excluding carboxylic acids is 1. The Bertz CT molecular complexity index is 292. The van der Waals surface area contributed by atoms with Crippen LogP contribution in [0.2, 0.25) is 0 Å². The Morgan fingerprint density at radius 2 is 2.08 bits per heavy atom. The highest BCUT2D eigenvalue weighted by molar-refractivity contribution is 9.08. The number of hydrogen-bond acceptors (Lipinski definition) is 1. The molecule has 0 radical (unpaired) electrons. The molecule has 0 atom stereocenters. The van der Waals surface area contributed by atoms with Gasteiger partial charge in [0.15, 0.2) is 0 Å². The fourth-order valence-corrected chi connectivity index (χ4v) is 1.47. The molecule has 12 heavy (non-hydrogen) atoms. The summed E-state index contributed by atoms with van der Waals surface area (Å²) in [5, 5.41) is 0.812. The topological polar surface area (TPSA) is 17.1 Å². The Balaban J connectivity index is 2.96. The van der Waals surface area contributed by atoms with E-state index in [1.54, 1.807) is 0 Å². The minimum atomic E-state index is 0.783. The summed E-state index contributed by atoms with van der Waals surface area (Å²) in [4.78, 5) is 10.1. The van der Waals surface area contributed by atoms with Crippen molar-refractivity contribution in [2.45, 2.75) is 5.33 Å². The highest BCUT2D eigenvalue weighted by atomic mass is 79.9. The summed E-state index contributed by atoms with van der Waals surface area (Å²) in [6.45, 7) is 0. The number of alkyl halides is 1. The van der Waals surface area contributed by atoms with Gasteiger partial charge in [0.05, 0.1) is 0 Å². The van der Waals surface area contributed by atoms with Crippen molar-refractivity contribution >= 4 is 28.3 Å². The van der Waals surface area contributed by atoms with Crippen molar-refractivity contribution in [2.75, 3.05) is 0 Å². The monoisotopic (exact) mass is 224 g/mol. The van der Waals surface area contributed by atoms with E-state index in [9.17, 15) is 4.79 Å². The summed E-state index contributed by atoms with van der Waals surface area (Å²) in [5.41, 5.74) is 2.28. The lowest BCUT2D eigenvalue weighted by molar-refractivity contribution is -0.104. The lowest BCUT2D eigenvalue weighted by atomic mass is 10.1. The minimum Gasteiger partial charge on any atom is -0.299 e. The maximum Gasteiger partial charge on any atom is 0.142 e. The smallest absolute Gasteiger partial charge is 0.142 e. The van der Waals surface area contributed by atoms with E-state index in [2.05, 4.69) is 15.9 Å². The normalized spacial score (nSPS) is 10.4. The Hall–Kier alpha value is -0.890. The second kappa shape index (κ2) is 4.88. The van der Waals surface area contributed by atoms with Crippen LogP contribution in [0.3, 0.4) is 0 Å². The Kier molecular flexibility index (Phi) is 3.74. The van der Waals surface area contributed by atoms with Gasteiger partial charge < -0.3 is 0 Å². The number of aldehydes is 1. The zero-order valence-electron chi connectivity index (χ0n) is 6.53. The van der Waals surface area contributed by atoms with Crippen LogP contribution < -0.4 is 0 Å². The molecule has 1 nitrogen and oxygen atoms in total. The molecule has 0 heterocycles. The molecule has 0 unspecified atom stereocenters. The van der Waals surface area contributed by atoms with Crippen LogP contribution in [-0.4, -0.2) is 6.29 Å². The Morgan fingerprint density at radius 3 is 2.75 bits per heavy atom. The first kappa shape index (κ1) is 9.20. The van der Waals surface area contributed by atoms with E-state index < -0.39 is 0 Å². The number of halogens is 1. The molecule has 0 fully saturated rings. The van der Waals surface area contributed by atoms with Crippen LogP contribution in [0.4, 0.5) is 0 Å². The van der Waals surface area contributed by atoms with Crippen LogP contribution in [0, 0.1) is 0 Å². The van der Waals surface area contributed by atoms with E-state index in [0.29, 0.717) is 0 Å². The summed E-state index contributed by atoms with van der Waals surface area (Å²) < 4.78 is 0.